The number of nitrogens with two attached hydrogens (primary N) is 1. The molecule has 15 heavy (non-hydrogen) atoms. The van der Waals surface area contributed by atoms with E-state index in [1.807, 2.05) is 12.3 Å². The Kier molecular flexibility index (Phi) is 2.51. The van der Waals surface area contributed by atoms with Crippen molar-refractivity contribution < 1.29 is 0 Å². The average molecular weight is 202 g/mol. The fraction of sp³-hybridized carbons (Fsp3) is 0.273. The van der Waals surface area contributed by atoms with Crippen molar-refractivity contribution in [1.29, 1.82) is 0 Å². The molecular weight excluding hydrogens is 188 g/mol. The second kappa shape index (κ2) is 3.82. The van der Waals surface area contributed by atoms with Crippen LogP contribution in [0.5, 0.6) is 0 Å². The molecule has 0 saturated carbocycles. The van der Waals surface area contributed by atoms with Crippen LogP contribution in [0.4, 0.5) is 0 Å². The van der Waals surface area contributed by atoms with Gasteiger partial charge in [0, 0.05) is 6.54 Å². The molecule has 78 valence electrons. The largest absolute Gasteiger partial charge is 0.325 e. The van der Waals surface area contributed by atoms with E-state index in [0.717, 1.165) is 11.4 Å². The van der Waals surface area contributed by atoms with Crippen LogP contribution in [0, 0.1) is 13.8 Å². The molecule has 0 saturated heterocycles. The Morgan fingerprint density at radius 3 is 2.73 bits per heavy atom. The lowest BCUT2D eigenvalue weighted by atomic mass is 10.1. The van der Waals surface area contributed by atoms with Crippen molar-refractivity contribution >= 4 is 0 Å². The second-order valence-corrected chi connectivity index (χ2v) is 3.65. The number of rotatable bonds is 2. The third-order valence-electron chi connectivity index (χ3n) is 2.35. The van der Waals surface area contributed by atoms with Crippen molar-refractivity contribution in [3.8, 4) is 5.69 Å². The van der Waals surface area contributed by atoms with E-state index in [1.54, 1.807) is 4.68 Å². The monoisotopic (exact) mass is 202 g/mol. The van der Waals surface area contributed by atoms with Gasteiger partial charge in [-0.1, -0.05) is 22.9 Å². The third-order valence-corrected chi connectivity index (χ3v) is 2.35. The summed E-state index contributed by atoms with van der Waals surface area (Å²) < 4.78 is 1.76. The van der Waals surface area contributed by atoms with Gasteiger partial charge in [0.2, 0.25) is 0 Å². The molecule has 0 unspecified atom stereocenters. The minimum absolute atomic E-state index is 0.422. The number of hydrogen-bond acceptors (Lipinski definition) is 3. The van der Waals surface area contributed by atoms with E-state index in [9.17, 15) is 0 Å². The maximum absolute atomic E-state index is 5.49. The van der Waals surface area contributed by atoms with Crippen molar-refractivity contribution in [1.82, 2.24) is 15.0 Å². The zero-order chi connectivity index (χ0) is 10.8. The lowest BCUT2D eigenvalue weighted by Gasteiger charge is -2.05. The maximum atomic E-state index is 5.49. The molecule has 4 nitrogen and oxygen atoms in total. The minimum Gasteiger partial charge on any atom is -0.325 e. The van der Waals surface area contributed by atoms with Crippen LogP contribution in [-0.4, -0.2) is 15.0 Å². The minimum atomic E-state index is 0.422. The van der Waals surface area contributed by atoms with Gasteiger partial charge in [-0.25, -0.2) is 4.68 Å². The molecule has 0 fully saturated rings. The highest BCUT2D eigenvalue weighted by Crippen LogP contribution is 2.14. The number of benzene rings is 1. The predicted octanol–water partition coefficient (Wildman–Crippen LogP) is 1.34. The average Bonchev–Trinajstić information content (AvgIpc) is 2.66. The summed E-state index contributed by atoms with van der Waals surface area (Å²) in [6, 6.07) is 6.23. The Morgan fingerprint density at radius 1 is 1.33 bits per heavy atom. The van der Waals surface area contributed by atoms with Gasteiger partial charge < -0.3 is 5.73 Å². The van der Waals surface area contributed by atoms with Crippen molar-refractivity contribution in [3.63, 3.8) is 0 Å². The van der Waals surface area contributed by atoms with Crippen LogP contribution in [0.3, 0.4) is 0 Å². The first-order valence-electron chi connectivity index (χ1n) is 4.89. The van der Waals surface area contributed by atoms with E-state index in [2.05, 4.69) is 36.3 Å². The Labute approximate surface area is 88.7 Å². The number of nitrogens with zero attached hydrogens (tertiary/aromatic N) is 3. The molecule has 2 aromatic rings. The summed E-state index contributed by atoms with van der Waals surface area (Å²) in [4.78, 5) is 0. The lowest BCUT2D eigenvalue weighted by Crippen LogP contribution is -1.98. The van der Waals surface area contributed by atoms with Crippen LogP contribution in [0.25, 0.3) is 5.69 Å². The van der Waals surface area contributed by atoms with Gasteiger partial charge in [0.05, 0.1) is 17.6 Å². The van der Waals surface area contributed by atoms with Gasteiger partial charge in [-0.2, -0.15) is 0 Å². The quantitative estimate of drug-likeness (QED) is 0.799. The molecule has 0 aliphatic rings. The highest BCUT2D eigenvalue weighted by atomic mass is 15.4. The van der Waals surface area contributed by atoms with E-state index >= 15 is 0 Å². The molecule has 1 aromatic carbocycles. The van der Waals surface area contributed by atoms with Gasteiger partial charge in [-0.15, -0.1) is 5.10 Å². The Hall–Kier alpha value is -1.68. The van der Waals surface area contributed by atoms with Crippen molar-refractivity contribution in [2.24, 2.45) is 5.73 Å². The first kappa shape index (κ1) is 9.86. The first-order valence-corrected chi connectivity index (χ1v) is 4.89. The summed E-state index contributed by atoms with van der Waals surface area (Å²) >= 11 is 0. The van der Waals surface area contributed by atoms with Gasteiger partial charge in [-0.05, 0) is 25.5 Å². The van der Waals surface area contributed by atoms with Crippen molar-refractivity contribution in [2.75, 3.05) is 0 Å². The standard InChI is InChI=1S/C11H14N4/c1-8-3-4-11(9(2)5-8)15-7-10(6-12)13-14-15/h3-5,7H,6,12H2,1-2H3. The SMILES string of the molecule is Cc1ccc(-n2cc(CN)nn2)c(C)c1. The number of aromatic nitrogens is 3. The van der Waals surface area contributed by atoms with Crippen molar-refractivity contribution in [3.05, 3.63) is 41.2 Å². The summed E-state index contributed by atoms with van der Waals surface area (Å²) in [7, 11) is 0. The molecule has 0 radical (unpaired) electrons. The lowest BCUT2D eigenvalue weighted by molar-refractivity contribution is 0.792. The summed E-state index contributed by atoms with van der Waals surface area (Å²) in [5.41, 5.74) is 9.77. The molecule has 4 heteroatoms. The zero-order valence-corrected chi connectivity index (χ0v) is 8.94. The molecule has 0 bridgehead atoms. The molecule has 1 heterocycles. The van der Waals surface area contributed by atoms with E-state index < -0.39 is 0 Å². The van der Waals surface area contributed by atoms with Crippen LogP contribution in [0.15, 0.2) is 24.4 Å². The maximum Gasteiger partial charge on any atom is 0.0967 e. The summed E-state index contributed by atoms with van der Waals surface area (Å²) in [6.07, 6.45) is 1.86. The Balaban J connectivity index is 2.44. The normalized spacial score (nSPS) is 10.6. The molecule has 2 N–H and O–H groups in total. The smallest absolute Gasteiger partial charge is 0.0967 e. The van der Waals surface area contributed by atoms with Gasteiger partial charge in [0.15, 0.2) is 0 Å². The third kappa shape index (κ3) is 1.89. The van der Waals surface area contributed by atoms with Crippen LogP contribution in [0.1, 0.15) is 16.8 Å². The second-order valence-electron chi connectivity index (χ2n) is 3.65. The van der Waals surface area contributed by atoms with Crippen LogP contribution >= 0.6 is 0 Å². The molecule has 0 spiro atoms. The zero-order valence-electron chi connectivity index (χ0n) is 8.94. The highest BCUT2D eigenvalue weighted by molar-refractivity contribution is 5.41. The van der Waals surface area contributed by atoms with E-state index in [0.29, 0.717) is 6.54 Å². The topological polar surface area (TPSA) is 56.7 Å². The first-order chi connectivity index (χ1) is 7.20. The molecule has 0 amide bonds. The van der Waals surface area contributed by atoms with E-state index in [-0.39, 0.29) is 0 Å². The van der Waals surface area contributed by atoms with E-state index in [1.165, 1.54) is 11.1 Å². The number of hydrogen-bond donors (Lipinski definition) is 1. The molecular formula is C11H14N4. The summed E-state index contributed by atoms with van der Waals surface area (Å²) in [5.74, 6) is 0. The predicted molar refractivity (Wildman–Crippen MR) is 58.7 cm³/mol. The highest BCUT2D eigenvalue weighted by Gasteiger charge is 2.03. The van der Waals surface area contributed by atoms with Crippen LogP contribution < -0.4 is 5.73 Å². The summed E-state index contributed by atoms with van der Waals surface area (Å²) in [6.45, 7) is 4.56. The van der Waals surface area contributed by atoms with Gasteiger partial charge >= 0.3 is 0 Å². The molecule has 0 atom stereocenters. The van der Waals surface area contributed by atoms with Gasteiger partial charge in [0.1, 0.15) is 0 Å². The van der Waals surface area contributed by atoms with Crippen LogP contribution in [-0.2, 0) is 6.54 Å². The van der Waals surface area contributed by atoms with E-state index in [4.69, 9.17) is 5.73 Å². The van der Waals surface area contributed by atoms with Crippen molar-refractivity contribution in [2.45, 2.75) is 20.4 Å². The Bertz CT molecular complexity index is 473. The molecule has 1 aromatic heterocycles. The van der Waals surface area contributed by atoms with Gasteiger partial charge in [-0.3, -0.25) is 0 Å². The van der Waals surface area contributed by atoms with Gasteiger partial charge in [0.25, 0.3) is 0 Å². The van der Waals surface area contributed by atoms with Crippen LogP contribution in [0.2, 0.25) is 0 Å². The fourth-order valence-electron chi connectivity index (χ4n) is 1.57. The fourth-order valence-corrected chi connectivity index (χ4v) is 1.57. The molecule has 2 rings (SSSR count). The molecule has 0 aliphatic carbocycles. The number of aryl methyl sites for hydroxylation is 2. The Morgan fingerprint density at radius 2 is 2.13 bits per heavy atom. The summed E-state index contributed by atoms with van der Waals surface area (Å²) in [5, 5.41) is 8.00. The molecule has 0 aliphatic heterocycles.